The zero-order chi connectivity index (χ0) is 38.8. The van der Waals surface area contributed by atoms with E-state index in [1.54, 1.807) is 0 Å². The van der Waals surface area contributed by atoms with Gasteiger partial charge in [0.25, 0.3) is 0 Å². The minimum absolute atomic E-state index is 0.0290. The molecule has 0 saturated carbocycles. The summed E-state index contributed by atoms with van der Waals surface area (Å²) in [6, 6.07) is 39.2. The van der Waals surface area contributed by atoms with Crippen LogP contribution in [0.2, 0.25) is 0 Å². The molecule has 0 aliphatic carbocycles. The number of carbonyl (C=O) groups is 1. The second-order valence-corrected chi connectivity index (χ2v) is 17.2. The Morgan fingerprint density at radius 3 is 1.27 bits per heavy atom. The van der Waals surface area contributed by atoms with E-state index in [1.807, 2.05) is 12.1 Å². The lowest BCUT2D eigenvalue weighted by Crippen LogP contribution is -2.19. The molecule has 5 heterocycles. The number of aldehydes is 1. The maximum atomic E-state index is 12.9. The Morgan fingerprint density at radius 1 is 0.436 bits per heavy atom. The quantitative estimate of drug-likeness (QED) is 0.137. The molecule has 4 aromatic heterocycles. The Balaban J connectivity index is 1.49. The first-order valence-corrected chi connectivity index (χ1v) is 19.2. The molecule has 5 nitrogen and oxygen atoms in total. The Labute approximate surface area is 323 Å². The molecule has 7 aromatic rings. The Morgan fingerprint density at radius 2 is 0.818 bits per heavy atom. The molecule has 1 aliphatic heterocycles. The second-order valence-electron chi connectivity index (χ2n) is 17.2. The molecule has 0 atom stereocenters. The third-order valence-corrected chi connectivity index (χ3v) is 11.1. The minimum Gasteiger partial charge on any atom is -0.354 e. The van der Waals surface area contributed by atoms with Crippen molar-refractivity contribution in [2.24, 2.45) is 0 Å². The fourth-order valence-corrected chi connectivity index (χ4v) is 8.22. The fraction of sp³-hybridized carbons (Fsp3) is 0.220. The van der Waals surface area contributed by atoms with Gasteiger partial charge in [0, 0.05) is 49.8 Å². The molecule has 8 bridgehead atoms. The minimum atomic E-state index is 0.0290. The molecule has 8 rings (SSSR count). The molecule has 0 unspecified atom stereocenters. The average molecular weight is 723 g/mol. The highest BCUT2D eigenvalue weighted by Crippen LogP contribution is 2.32. The van der Waals surface area contributed by atoms with Crippen LogP contribution >= 0.6 is 0 Å². The first-order chi connectivity index (χ1) is 26.2. The number of hydrogen-bond acceptors (Lipinski definition) is 1. The molecule has 0 spiro atoms. The molecule has 0 fully saturated rings. The number of aromatic amines is 4. The average Bonchev–Trinajstić information content (AvgIpc) is 3.96. The van der Waals surface area contributed by atoms with E-state index in [0.29, 0.717) is 5.57 Å². The predicted octanol–water partition coefficient (Wildman–Crippen LogP) is 7.97. The summed E-state index contributed by atoms with van der Waals surface area (Å²) < 4.78 is 0. The van der Waals surface area contributed by atoms with Crippen LogP contribution < -0.4 is 21.4 Å². The van der Waals surface area contributed by atoms with E-state index >= 15 is 0 Å². The summed E-state index contributed by atoms with van der Waals surface area (Å²) >= 11 is 0. The smallest absolute Gasteiger partial charge is 0.154 e. The zero-order valence-electron chi connectivity index (χ0n) is 33.4. The molecule has 0 amide bonds. The molecule has 4 N–H and O–H groups in total. The van der Waals surface area contributed by atoms with Gasteiger partial charge in [-0.2, -0.15) is 0 Å². The van der Waals surface area contributed by atoms with E-state index in [1.165, 1.54) is 33.4 Å². The molecule has 55 heavy (non-hydrogen) atoms. The van der Waals surface area contributed by atoms with Crippen LogP contribution in [0.4, 0.5) is 0 Å². The van der Waals surface area contributed by atoms with Crippen molar-refractivity contribution in [2.45, 2.75) is 73.1 Å². The van der Waals surface area contributed by atoms with Gasteiger partial charge < -0.3 is 19.9 Å². The normalized spacial score (nSPS) is 13.5. The van der Waals surface area contributed by atoms with Gasteiger partial charge in [-0.15, -0.1) is 0 Å². The van der Waals surface area contributed by atoms with Crippen molar-refractivity contribution in [1.82, 2.24) is 19.9 Å². The Kier molecular flexibility index (Phi) is 8.72. The summed E-state index contributed by atoms with van der Waals surface area (Å²) in [6.45, 7) is 20.0. The van der Waals surface area contributed by atoms with Crippen molar-refractivity contribution in [3.8, 4) is 0 Å². The first kappa shape index (κ1) is 35.9. The summed E-state index contributed by atoms with van der Waals surface area (Å²) in [5, 5.41) is 3.66. The van der Waals surface area contributed by atoms with E-state index in [4.69, 9.17) is 0 Å². The predicted molar refractivity (Wildman–Crippen MR) is 226 cm³/mol. The number of H-pyrrole nitrogens is 4. The van der Waals surface area contributed by atoms with Crippen LogP contribution in [0, 0.1) is 20.8 Å². The number of benzene rings is 3. The lowest BCUT2D eigenvalue weighted by Gasteiger charge is -2.19. The lowest BCUT2D eigenvalue weighted by atomic mass is 9.86. The molecule has 3 aromatic carbocycles. The van der Waals surface area contributed by atoms with Crippen molar-refractivity contribution in [3.63, 3.8) is 0 Å². The molecule has 0 saturated heterocycles. The second kappa shape index (κ2) is 13.3. The highest BCUT2D eigenvalue weighted by Gasteiger charge is 2.21. The number of rotatable bonds is 4. The van der Waals surface area contributed by atoms with Gasteiger partial charge in [0.2, 0.25) is 0 Å². The monoisotopic (exact) mass is 722 g/mol. The van der Waals surface area contributed by atoms with Gasteiger partial charge in [-0.25, -0.2) is 0 Å². The molecule has 5 heteroatoms. The van der Waals surface area contributed by atoms with E-state index in [-0.39, 0.29) is 10.8 Å². The van der Waals surface area contributed by atoms with Crippen molar-refractivity contribution in [3.05, 3.63) is 198 Å². The number of aromatic nitrogens is 4. The van der Waals surface area contributed by atoms with Crippen LogP contribution in [-0.4, -0.2) is 26.2 Å². The van der Waals surface area contributed by atoms with E-state index in [2.05, 4.69) is 179 Å². The van der Waals surface area contributed by atoms with Crippen LogP contribution in [-0.2, 0) is 15.6 Å². The number of carbonyl (C=O) groups excluding carboxylic acids is 1. The summed E-state index contributed by atoms with van der Waals surface area (Å²) in [5.74, 6) is 0. The van der Waals surface area contributed by atoms with Crippen molar-refractivity contribution in [2.75, 3.05) is 0 Å². The highest BCUT2D eigenvalue weighted by molar-refractivity contribution is 6.05. The maximum Gasteiger partial charge on any atom is 0.154 e. The van der Waals surface area contributed by atoms with Crippen LogP contribution in [0.3, 0.4) is 0 Å². The van der Waals surface area contributed by atoms with Crippen LogP contribution in [0.1, 0.15) is 109 Å². The third-order valence-electron chi connectivity index (χ3n) is 11.1. The number of hydrogen-bond donors (Lipinski definition) is 4. The Bertz CT molecular complexity index is 2830. The SMILES string of the molecule is Cc1cc(C)c(C2=c3ccc([nH]3)=C(c3ccc(C(C)(C)C)cc3)c3ccc([nH]3)C(C=O)=c3ccc([nH]3)=C(c3ccc(C(C)(C)C)cc3)c3ccc2[nH]3)c(C)c1. The van der Waals surface area contributed by atoms with Gasteiger partial charge in [-0.05, 0) is 119 Å². The van der Waals surface area contributed by atoms with Crippen LogP contribution in [0.5, 0.6) is 0 Å². The van der Waals surface area contributed by atoms with E-state index in [9.17, 15) is 4.79 Å². The summed E-state index contributed by atoms with van der Waals surface area (Å²) in [4.78, 5) is 28.0. The number of fused-ring (bicyclic) bond motifs is 8. The van der Waals surface area contributed by atoms with Gasteiger partial charge >= 0.3 is 0 Å². The number of aryl methyl sites for hydroxylation is 3. The zero-order valence-corrected chi connectivity index (χ0v) is 33.4. The number of nitrogens with one attached hydrogen (secondary N) is 4. The molecule has 276 valence electrons. The largest absolute Gasteiger partial charge is 0.354 e. The third kappa shape index (κ3) is 6.58. The Hall–Kier alpha value is -6.07. The van der Waals surface area contributed by atoms with Gasteiger partial charge in [0.1, 0.15) is 0 Å². The molecular formula is C50H50N4O. The van der Waals surface area contributed by atoms with Gasteiger partial charge in [-0.3, -0.25) is 4.79 Å². The molecule has 1 aliphatic rings. The summed E-state index contributed by atoms with van der Waals surface area (Å²) in [6.07, 6.45) is 0.941. The molecular weight excluding hydrogens is 673 g/mol. The first-order valence-electron chi connectivity index (χ1n) is 19.2. The topological polar surface area (TPSA) is 80.2 Å². The van der Waals surface area contributed by atoms with Crippen molar-refractivity contribution < 1.29 is 4.79 Å². The van der Waals surface area contributed by atoms with Crippen LogP contribution in [0.25, 0.3) is 22.3 Å². The molecule has 0 radical (unpaired) electrons. The maximum absolute atomic E-state index is 12.9. The van der Waals surface area contributed by atoms with E-state index in [0.717, 1.165) is 78.3 Å². The van der Waals surface area contributed by atoms with E-state index < -0.39 is 0 Å². The highest BCUT2D eigenvalue weighted by atomic mass is 16.1. The lowest BCUT2D eigenvalue weighted by molar-refractivity contribution is -0.103. The van der Waals surface area contributed by atoms with Gasteiger partial charge in [-0.1, -0.05) is 108 Å². The van der Waals surface area contributed by atoms with Gasteiger partial charge in [0.05, 0.1) is 16.6 Å². The van der Waals surface area contributed by atoms with Crippen LogP contribution in [0.15, 0.2) is 109 Å². The summed E-state index contributed by atoms with van der Waals surface area (Å²) in [7, 11) is 0. The van der Waals surface area contributed by atoms with Crippen molar-refractivity contribution >= 4 is 28.6 Å². The summed E-state index contributed by atoms with van der Waals surface area (Å²) in [5.41, 5.74) is 17.0. The standard InChI is InChI=1S/C50H50N4O/c1-29-26-30(2)45(31(3)27-29)48-43-24-22-41(53-43)46(32-10-14-34(15-11-32)49(4,5)6)39-20-18-37(51-39)36(28-55)38-19-21-40(52-38)47(42-23-25-44(48)54-42)33-12-16-35(17-13-33)50(7,8)9/h10-28,51-54H,1-9H3. The fourth-order valence-electron chi connectivity index (χ4n) is 8.22. The van der Waals surface area contributed by atoms with Crippen molar-refractivity contribution in [1.29, 1.82) is 0 Å². The van der Waals surface area contributed by atoms with Gasteiger partial charge in [0.15, 0.2) is 6.29 Å².